The second-order valence-electron chi connectivity index (χ2n) is 8.34. The Morgan fingerprint density at radius 2 is 2.04 bits per heavy atom. The Kier molecular flexibility index (Phi) is 2.44. The van der Waals surface area contributed by atoms with Crippen molar-refractivity contribution >= 4 is 0 Å². The van der Waals surface area contributed by atoms with Crippen LogP contribution >= 0.6 is 0 Å². The largest absolute Gasteiger partial charge is 0.381 e. The lowest BCUT2D eigenvalue weighted by atomic mass is 9.31. The summed E-state index contributed by atoms with van der Waals surface area (Å²) in [5.41, 5.74) is 2.22. The van der Waals surface area contributed by atoms with Gasteiger partial charge in [-0.15, -0.1) is 0 Å². The Morgan fingerprint density at radius 3 is 2.83 bits per heavy atom. The van der Waals surface area contributed by atoms with E-state index in [1.54, 1.807) is 6.20 Å². The fraction of sp³-hybridized carbons (Fsp3) is 0.550. The van der Waals surface area contributed by atoms with E-state index in [1.807, 2.05) is 6.20 Å². The molecule has 3 heteroatoms. The number of fused-ring (bicyclic) bond motifs is 2. The van der Waals surface area contributed by atoms with Gasteiger partial charge in [-0.2, -0.15) is 0 Å². The van der Waals surface area contributed by atoms with Crippen molar-refractivity contribution in [3.8, 4) is 0 Å². The smallest absolute Gasteiger partial charge is 0.139 e. The SMILES string of the molecule is CC12CCCC3(C)C1C(Cc1ccccc12)C3(O)c1ncc[nH]1. The third-order valence-corrected chi connectivity index (χ3v) is 7.51. The van der Waals surface area contributed by atoms with Gasteiger partial charge in [-0.3, -0.25) is 0 Å². The van der Waals surface area contributed by atoms with Gasteiger partial charge in [0.05, 0.1) is 0 Å². The first-order valence-electron chi connectivity index (χ1n) is 8.82. The highest BCUT2D eigenvalue weighted by Gasteiger charge is 2.76. The number of aromatic amines is 1. The molecule has 5 rings (SSSR count). The van der Waals surface area contributed by atoms with E-state index in [2.05, 4.69) is 48.1 Å². The highest BCUT2D eigenvalue weighted by atomic mass is 16.3. The first-order valence-corrected chi connectivity index (χ1v) is 8.82. The Morgan fingerprint density at radius 1 is 1.22 bits per heavy atom. The molecule has 2 N–H and O–H groups in total. The van der Waals surface area contributed by atoms with Crippen LogP contribution in [-0.4, -0.2) is 15.1 Å². The van der Waals surface area contributed by atoms with Gasteiger partial charge in [0, 0.05) is 23.7 Å². The number of hydrogen-bond acceptors (Lipinski definition) is 2. The summed E-state index contributed by atoms with van der Waals surface area (Å²) in [6.07, 6.45) is 8.06. The maximum Gasteiger partial charge on any atom is 0.139 e. The average molecular weight is 308 g/mol. The van der Waals surface area contributed by atoms with Crippen LogP contribution in [0, 0.1) is 17.3 Å². The van der Waals surface area contributed by atoms with E-state index < -0.39 is 5.60 Å². The molecule has 3 nitrogen and oxygen atoms in total. The summed E-state index contributed by atoms with van der Waals surface area (Å²) in [5.74, 6) is 1.57. The molecule has 0 spiro atoms. The standard InChI is InChI=1S/C20H24N2O/c1-18-8-5-9-19(2)16(18)15(12-13-6-3-4-7-14(13)18)20(19,23)17-21-10-11-22-17/h3-4,6-7,10-11,15-16,23H,5,8-9,12H2,1-2H3,(H,21,22). The van der Waals surface area contributed by atoms with Crippen molar-refractivity contribution in [2.45, 2.75) is 50.5 Å². The minimum atomic E-state index is -0.823. The quantitative estimate of drug-likeness (QED) is 0.846. The fourth-order valence-corrected chi connectivity index (χ4v) is 6.70. The molecule has 2 saturated carbocycles. The maximum absolute atomic E-state index is 11.8. The molecule has 5 unspecified atom stereocenters. The zero-order valence-electron chi connectivity index (χ0n) is 13.8. The van der Waals surface area contributed by atoms with Crippen LogP contribution in [-0.2, 0) is 17.4 Å². The summed E-state index contributed by atoms with van der Waals surface area (Å²) < 4.78 is 0. The molecule has 1 heterocycles. The summed E-state index contributed by atoms with van der Waals surface area (Å²) in [5, 5.41) is 11.8. The topological polar surface area (TPSA) is 48.9 Å². The lowest BCUT2D eigenvalue weighted by Gasteiger charge is -2.73. The van der Waals surface area contributed by atoms with Gasteiger partial charge in [0.15, 0.2) is 0 Å². The number of aliphatic hydroxyl groups is 1. The van der Waals surface area contributed by atoms with Crippen LogP contribution in [0.3, 0.4) is 0 Å². The van der Waals surface area contributed by atoms with Crippen molar-refractivity contribution in [3.05, 3.63) is 53.6 Å². The van der Waals surface area contributed by atoms with E-state index in [0.29, 0.717) is 5.92 Å². The molecule has 0 radical (unpaired) electrons. The molecule has 0 aliphatic heterocycles. The summed E-state index contributed by atoms with van der Waals surface area (Å²) in [7, 11) is 0. The predicted molar refractivity (Wildman–Crippen MR) is 88.9 cm³/mol. The lowest BCUT2D eigenvalue weighted by molar-refractivity contribution is -0.307. The Bertz CT molecular complexity index is 770. The van der Waals surface area contributed by atoms with Gasteiger partial charge in [-0.25, -0.2) is 4.98 Å². The highest BCUT2D eigenvalue weighted by Crippen LogP contribution is 2.75. The van der Waals surface area contributed by atoms with Crippen LogP contribution in [0.15, 0.2) is 36.7 Å². The van der Waals surface area contributed by atoms with E-state index >= 15 is 0 Å². The molecule has 1 aromatic carbocycles. The lowest BCUT2D eigenvalue weighted by Crippen LogP contribution is -2.75. The molecular formula is C20H24N2O. The normalized spacial score (nSPS) is 44.1. The monoisotopic (exact) mass is 308 g/mol. The summed E-state index contributed by atoms with van der Waals surface area (Å²) in [6.45, 7) is 4.73. The number of hydrogen-bond donors (Lipinski definition) is 2. The number of H-pyrrole nitrogens is 1. The Labute approximate surface area is 137 Å². The van der Waals surface area contributed by atoms with Gasteiger partial charge in [0.2, 0.25) is 0 Å². The van der Waals surface area contributed by atoms with Crippen LogP contribution in [0.25, 0.3) is 0 Å². The Hall–Kier alpha value is -1.61. The van der Waals surface area contributed by atoms with Crippen LogP contribution in [0.4, 0.5) is 0 Å². The molecule has 2 aromatic rings. The van der Waals surface area contributed by atoms with Crippen molar-refractivity contribution in [2.75, 3.05) is 0 Å². The second-order valence-corrected chi connectivity index (χ2v) is 8.34. The van der Waals surface area contributed by atoms with Crippen molar-refractivity contribution in [1.29, 1.82) is 0 Å². The van der Waals surface area contributed by atoms with E-state index in [9.17, 15) is 5.11 Å². The van der Waals surface area contributed by atoms with Gasteiger partial charge in [0.1, 0.15) is 11.4 Å². The number of nitrogens with one attached hydrogen (secondary N) is 1. The van der Waals surface area contributed by atoms with Crippen LogP contribution in [0.5, 0.6) is 0 Å². The first kappa shape index (κ1) is 13.8. The molecular weight excluding hydrogens is 284 g/mol. The van der Waals surface area contributed by atoms with Gasteiger partial charge >= 0.3 is 0 Å². The number of aromatic nitrogens is 2. The molecule has 1 aromatic heterocycles. The number of imidazole rings is 1. The molecule has 23 heavy (non-hydrogen) atoms. The fourth-order valence-electron chi connectivity index (χ4n) is 6.70. The highest BCUT2D eigenvalue weighted by molar-refractivity contribution is 5.45. The summed E-state index contributed by atoms with van der Waals surface area (Å²) in [6, 6.07) is 8.88. The van der Waals surface area contributed by atoms with E-state index in [4.69, 9.17) is 0 Å². The van der Waals surface area contributed by atoms with E-state index in [1.165, 1.54) is 24.0 Å². The maximum atomic E-state index is 11.8. The third kappa shape index (κ3) is 1.35. The third-order valence-electron chi connectivity index (χ3n) is 7.51. The van der Waals surface area contributed by atoms with Crippen LogP contribution < -0.4 is 0 Å². The molecule has 0 bridgehead atoms. The molecule has 3 aliphatic rings. The summed E-state index contributed by atoms with van der Waals surface area (Å²) >= 11 is 0. The molecule has 0 saturated heterocycles. The minimum absolute atomic E-state index is 0.0873. The van der Waals surface area contributed by atoms with Gasteiger partial charge in [-0.1, -0.05) is 44.5 Å². The van der Waals surface area contributed by atoms with Crippen molar-refractivity contribution in [3.63, 3.8) is 0 Å². The van der Waals surface area contributed by atoms with Crippen LogP contribution in [0.2, 0.25) is 0 Å². The molecule has 2 fully saturated rings. The van der Waals surface area contributed by atoms with Gasteiger partial charge < -0.3 is 10.1 Å². The molecule has 5 atom stereocenters. The van der Waals surface area contributed by atoms with Crippen LogP contribution in [0.1, 0.15) is 50.1 Å². The zero-order chi connectivity index (χ0) is 15.9. The Balaban J connectivity index is 1.73. The average Bonchev–Trinajstić information content (AvgIpc) is 3.08. The zero-order valence-corrected chi connectivity index (χ0v) is 13.8. The first-order chi connectivity index (χ1) is 11.0. The predicted octanol–water partition coefficient (Wildman–Crippen LogP) is 3.55. The van der Waals surface area contributed by atoms with E-state index in [-0.39, 0.29) is 16.7 Å². The van der Waals surface area contributed by atoms with E-state index in [0.717, 1.165) is 18.7 Å². The van der Waals surface area contributed by atoms with Crippen molar-refractivity contribution in [1.82, 2.24) is 9.97 Å². The minimum Gasteiger partial charge on any atom is -0.381 e. The van der Waals surface area contributed by atoms with Gasteiger partial charge in [0.25, 0.3) is 0 Å². The van der Waals surface area contributed by atoms with Gasteiger partial charge in [-0.05, 0) is 41.7 Å². The number of nitrogens with zero attached hydrogens (tertiary/aromatic N) is 1. The number of benzene rings is 1. The van der Waals surface area contributed by atoms with Crippen molar-refractivity contribution in [2.24, 2.45) is 17.3 Å². The summed E-state index contributed by atoms with van der Waals surface area (Å²) in [4.78, 5) is 7.68. The number of rotatable bonds is 1. The second kappa shape index (κ2) is 4.07. The molecule has 0 amide bonds. The molecule has 3 aliphatic carbocycles. The molecule has 120 valence electrons. The van der Waals surface area contributed by atoms with Crippen molar-refractivity contribution < 1.29 is 5.11 Å².